The van der Waals surface area contributed by atoms with Gasteiger partial charge in [-0.3, -0.25) is 14.8 Å². The third-order valence-electron chi connectivity index (χ3n) is 6.26. The van der Waals surface area contributed by atoms with Crippen LogP contribution in [0, 0.1) is 19.8 Å². The zero-order valence-corrected chi connectivity index (χ0v) is 16.5. The van der Waals surface area contributed by atoms with Crippen molar-refractivity contribution >= 4 is 5.91 Å². The summed E-state index contributed by atoms with van der Waals surface area (Å²) in [5.74, 6) is 0.620. The minimum Gasteiger partial charge on any atom is -0.342 e. The van der Waals surface area contributed by atoms with E-state index < -0.39 is 0 Å². The van der Waals surface area contributed by atoms with Crippen molar-refractivity contribution in [1.29, 1.82) is 0 Å². The smallest absolute Gasteiger partial charge is 0.225 e. The maximum atomic E-state index is 12.6. The van der Waals surface area contributed by atoms with Gasteiger partial charge in [-0.2, -0.15) is 5.10 Å². The van der Waals surface area contributed by atoms with Crippen LogP contribution in [0.4, 0.5) is 0 Å². The predicted octanol–water partition coefficient (Wildman–Crippen LogP) is 3.53. The molecule has 2 aliphatic rings. The maximum absolute atomic E-state index is 12.6. The molecule has 1 aromatic heterocycles. The number of nitrogens with one attached hydrogen (secondary N) is 1. The number of piperidine rings is 1. The second kappa shape index (κ2) is 7.85. The zero-order valence-electron chi connectivity index (χ0n) is 16.5. The molecule has 5 heteroatoms. The molecule has 3 heterocycles. The van der Waals surface area contributed by atoms with Gasteiger partial charge in [-0.1, -0.05) is 12.1 Å². The van der Waals surface area contributed by atoms with E-state index in [0.717, 1.165) is 51.3 Å². The number of rotatable bonds is 4. The predicted molar refractivity (Wildman–Crippen MR) is 107 cm³/mol. The summed E-state index contributed by atoms with van der Waals surface area (Å²) in [6.45, 7) is 9.09. The lowest BCUT2D eigenvalue weighted by atomic mass is 9.94. The lowest BCUT2D eigenvalue weighted by Crippen LogP contribution is -2.41. The van der Waals surface area contributed by atoms with Crippen LogP contribution in [0.5, 0.6) is 0 Å². The SMILES string of the molecule is Cc1ccc(-c2[nH]ncc2CN2CCC(C(=O)N3CCCC3)CC2)cc1C. The molecule has 1 aromatic carbocycles. The maximum Gasteiger partial charge on any atom is 0.225 e. The van der Waals surface area contributed by atoms with Crippen LogP contribution in [0.3, 0.4) is 0 Å². The highest BCUT2D eigenvalue weighted by molar-refractivity contribution is 5.79. The van der Waals surface area contributed by atoms with Crippen LogP contribution in [-0.2, 0) is 11.3 Å². The fraction of sp³-hybridized carbons (Fsp3) is 0.545. The van der Waals surface area contributed by atoms with Crippen LogP contribution < -0.4 is 0 Å². The Morgan fingerprint density at radius 2 is 1.85 bits per heavy atom. The summed E-state index contributed by atoms with van der Waals surface area (Å²) in [7, 11) is 0. The molecule has 0 radical (unpaired) electrons. The molecule has 2 saturated heterocycles. The van der Waals surface area contributed by atoms with Crippen molar-refractivity contribution < 1.29 is 4.79 Å². The molecule has 0 unspecified atom stereocenters. The highest BCUT2D eigenvalue weighted by Gasteiger charge is 2.30. The number of aromatic amines is 1. The molecule has 144 valence electrons. The molecule has 4 rings (SSSR count). The molecule has 5 nitrogen and oxygen atoms in total. The first-order valence-electron chi connectivity index (χ1n) is 10.2. The van der Waals surface area contributed by atoms with Crippen LogP contribution >= 0.6 is 0 Å². The van der Waals surface area contributed by atoms with Gasteiger partial charge in [0.25, 0.3) is 0 Å². The van der Waals surface area contributed by atoms with Gasteiger partial charge in [0.15, 0.2) is 0 Å². The van der Waals surface area contributed by atoms with Gasteiger partial charge in [0.05, 0.1) is 11.9 Å². The van der Waals surface area contributed by atoms with Crippen molar-refractivity contribution in [2.75, 3.05) is 26.2 Å². The number of aromatic nitrogens is 2. The Balaban J connectivity index is 1.38. The average molecular weight is 367 g/mol. The highest BCUT2D eigenvalue weighted by atomic mass is 16.2. The monoisotopic (exact) mass is 366 g/mol. The second-order valence-electron chi connectivity index (χ2n) is 8.15. The first-order chi connectivity index (χ1) is 13.1. The Hall–Kier alpha value is -2.14. The standard InChI is InChI=1S/C22H30N4O/c1-16-5-6-19(13-17(16)2)21-20(14-23-24-21)15-25-11-7-18(8-12-25)22(27)26-9-3-4-10-26/h5-6,13-14,18H,3-4,7-12,15H2,1-2H3,(H,23,24). The van der Waals surface area contributed by atoms with Gasteiger partial charge in [-0.15, -0.1) is 0 Å². The van der Waals surface area contributed by atoms with Crippen molar-refractivity contribution in [3.05, 3.63) is 41.1 Å². The van der Waals surface area contributed by atoms with E-state index in [1.165, 1.54) is 35.1 Å². The van der Waals surface area contributed by atoms with Crippen molar-refractivity contribution in [1.82, 2.24) is 20.0 Å². The summed E-state index contributed by atoms with van der Waals surface area (Å²) in [6.07, 6.45) is 6.25. The molecule has 0 spiro atoms. The lowest BCUT2D eigenvalue weighted by molar-refractivity contribution is -0.136. The van der Waals surface area contributed by atoms with E-state index in [4.69, 9.17) is 0 Å². The van der Waals surface area contributed by atoms with Crippen LogP contribution in [0.15, 0.2) is 24.4 Å². The fourth-order valence-corrected chi connectivity index (χ4v) is 4.35. The fourth-order valence-electron chi connectivity index (χ4n) is 4.35. The summed E-state index contributed by atoms with van der Waals surface area (Å²) >= 11 is 0. The number of hydrogen-bond acceptors (Lipinski definition) is 3. The second-order valence-corrected chi connectivity index (χ2v) is 8.15. The number of carbonyl (C=O) groups is 1. The van der Waals surface area contributed by atoms with Gasteiger partial charge < -0.3 is 4.90 Å². The molecule has 0 saturated carbocycles. The molecule has 0 aliphatic carbocycles. The lowest BCUT2D eigenvalue weighted by Gasteiger charge is -2.33. The first kappa shape index (κ1) is 18.2. The van der Waals surface area contributed by atoms with Crippen LogP contribution in [0.25, 0.3) is 11.3 Å². The Morgan fingerprint density at radius 1 is 1.11 bits per heavy atom. The molecule has 0 bridgehead atoms. The number of aryl methyl sites for hydroxylation is 2. The Kier molecular flexibility index (Phi) is 5.30. The first-order valence-corrected chi connectivity index (χ1v) is 10.2. The van der Waals surface area contributed by atoms with Gasteiger partial charge in [0.2, 0.25) is 5.91 Å². The van der Waals surface area contributed by atoms with E-state index in [1.54, 1.807) is 0 Å². The van der Waals surface area contributed by atoms with E-state index in [1.807, 2.05) is 6.20 Å². The Labute approximate surface area is 161 Å². The van der Waals surface area contributed by atoms with Crippen LogP contribution in [0.2, 0.25) is 0 Å². The summed E-state index contributed by atoms with van der Waals surface area (Å²) < 4.78 is 0. The number of amides is 1. The van der Waals surface area contributed by atoms with Crippen LogP contribution in [0.1, 0.15) is 42.4 Å². The van der Waals surface area contributed by atoms with Crippen molar-refractivity contribution in [2.45, 2.75) is 46.1 Å². The molecule has 2 aromatic rings. The van der Waals surface area contributed by atoms with Crippen molar-refractivity contribution in [2.24, 2.45) is 5.92 Å². The summed E-state index contributed by atoms with van der Waals surface area (Å²) in [4.78, 5) is 17.2. The molecule has 2 aliphatic heterocycles. The van der Waals surface area contributed by atoms with Gasteiger partial charge in [-0.05, 0) is 69.8 Å². The van der Waals surface area contributed by atoms with Gasteiger partial charge in [0.1, 0.15) is 0 Å². The number of hydrogen-bond donors (Lipinski definition) is 1. The number of likely N-dealkylation sites (tertiary alicyclic amines) is 2. The summed E-state index contributed by atoms with van der Waals surface area (Å²) in [5, 5.41) is 7.48. The van der Waals surface area contributed by atoms with Gasteiger partial charge in [0, 0.05) is 36.7 Å². The minimum absolute atomic E-state index is 0.225. The topological polar surface area (TPSA) is 52.2 Å². The van der Waals surface area contributed by atoms with E-state index in [9.17, 15) is 4.79 Å². The molecule has 27 heavy (non-hydrogen) atoms. The minimum atomic E-state index is 0.225. The Bertz CT molecular complexity index is 798. The van der Waals surface area contributed by atoms with Gasteiger partial charge >= 0.3 is 0 Å². The molecule has 2 fully saturated rings. The van der Waals surface area contributed by atoms with E-state index in [2.05, 4.69) is 52.0 Å². The molecule has 1 amide bonds. The number of nitrogens with zero attached hydrogens (tertiary/aromatic N) is 3. The molecule has 1 N–H and O–H groups in total. The quantitative estimate of drug-likeness (QED) is 0.901. The van der Waals surface area contributed by atoms with Crippen molar-refractivity contribution in [3.63, 3.8) is 0 Å². The largest absolute Gasteiger partial charge is 0.342 e. The van der Waals surface area contributed by atoms with Gasteiger partial charge in [-0.25, -0.2) is 0 Å². The van der Waals surface area contributed by atoms with Crippen molar-refractivity contribution in [3.8, 4) is 11.3 Å². The third-order valence-corrected chi connectivity index (χ3v) is 6.26. The summed E-state index contributed by atoms with van der Waals surface area (Å²) in [6, 6.07) is 6.57. The average Bonchev–Trinajstić information content (AvgIpc) is 3.36. The summed E-state index contributed by atoms with van der Waals surface area (Å²) in [5.41, 5.74) is 6.17. The molecular weight excluding hydrogens is 336 g/mol. The third kappa shape index (κ3) is 3.93. The van der Waals surface area contributed by atoms with E-state index >= 15 is 0 Å². The number of benzene rings is 1. The number of carbonyl (C=O) groups excluding carboxylic acids is 1. The Morgan fingerprint density at radius 3 is 2.56 bits per heavy atom. The molecule has 0 atom stereocenters. The van der Waals surface area contributed by atoms with E-state index in [-0.39, 0.29) is 5.92 Å². The number of H-pyrrole nitrogens is 1. The normalized spacial score (nSPS) is 19.0. The molecular formula is C22H30N4O. The highest BCUT2D eigenvalue weighted by Crippen LogP contribution is 2.27. The van der Waals surface area contributed by atoms with Crippen LogP contribution in [-0.4, -0.2) is 52.1 Å². The zero-order chi connectivity index (χ0) is 18.8. The van der Waals surface area contributed by atoms with E-state index in [0.29, 0.717) is 5.91 Å².